The third-order valence-electron chi connectivity index (χ3n) is 4.22. The number of nitrogens with two attached hydrogens (primary N) is 1. The highest BCUT2D eigenvalue weighted by Gasteiger charge is 2.43. The van der Waals surface area contributed by atoms with Crippen molar-refractivity contribution in [1.82, 2.24) is 4.90 Å². The van der Waals surface area contributed by atoms with E-state index in [9.17, 15) is 9.90 Å². The first-order valence-electron chi connectivity index (χ1n) is 8.16. The highest BCUT2D eigenvalue weighted by molar-refractivity contribution is 7.80. The molecule has 5 heteroatoms. The van der Waals surface area contributed by atoms with Crippen LogP contribution in [0.1, 0.15) is 66.2 Å². The van der Waals surface area contributed by atoms with Crippen molar-refractivity contribution in [2.45, 2.75) is 72.3 Å². The summed E-state index contributed by atoms with van der Waals surface area (Å²) in [6, 6.07) is 0.132. The molecule has 0 rings (SSSR count). The summed E-state index contributed by atoms with van der Waals surface area (Å²) in [5.41, 5.74) is 5.23. The molecule has 4 nitrogen and oxygen atoms in total. The minimum absolute atomic E-state index is 0.00134. The van der Waals surface area contributed by atoms with E-state index in [0.717, 1.165) is 25.7 Å². The van der Waals surface area contributed by atoms with Crippen molar-refractivity contribution in [1.29, 1.82) is 0 Å². The second-order valence-electron chi connectivity index (χ2n) is 5.64. The quantitative estimate of drug-likeness (QED) is 0.575. The Morgan fingerprint density at radius 2 is 1.67 bits per heavy atom. The van der Waals surface area contributed by atoms with E-state index in [0.29, 0.717) is 24.4 Å². The lowest BCUT2D eigenvalue weighted by Gasteiger charge is -2.40. The fourth-order valence-corrected chi connectivity index (χ4v) is 3.40. The van der Waals surface area contributed by atoms with Gasteiger partial charge in [0, 0.05) is 12.6 Å². The number of amides is 1. The van der Waals surface area contributed by atoms with Crippen molar-refractivity contribution in [3.05, 3.63) is 0 Å². The van der Waals surface area contributed by atoms with Crippen LogP contribution in [0, 0.1) is 5.41 Å². The molecule has 0 saturated carbocycles. The Labute approximate surface area is 135 Å². The van der Waals surface area contributed by atoms with Crippen LogP contribution in [0.15, 0.2) is 0 Å². The normalized spacial score (nSPS) is 11.7. The van der Waals surface area contributed by atoms with E-state index in [1.165, 1.54) is 0 Å². The van der Waals surface area contributed by atoms with E-state index in [1.807, 2.05) is 13.8 Å². The predicted molar refractivity (Wildman–Crippen MR) is 92.2 cm³/mol. The molecule has 0 spiro atoms. The molecule has 0 saturated heterocycles. The van der Waals surface area contributed by atoms with Crippen molar-refractivity contribution in [2.75, 3.05) is 13.2 Å². The highest BCUT2D eigenvalue weighted by atomic mass is 32.1. The third-order valence-corrected chi connectivity index (χ3v) is 4.61. The Morgan fingerprint density at radius 3 is 1.95 bits per heavy atom. The second kappa shape index (κ2) is 10.1. The molecule has 0 aliphatic carbocycles. The molecule has 0 atom stereocenters. The van der Waals surface area contributed by atoms with Gasteiger partial charge in [-0.05, 0) is 25.7 Å². The van der Waals surface area contributed by atoms with Gasteiger partial charge in [0.15, 0.2) is 0 Å². The molecule has 0 aliphatic rings. The van der Waals surface area contributed by atoms with Crippen LogP contribution < -0.4 is 5.73 Å². The van der Waals surface area contributed by atoms with E-state index < -0.39 is 5.41 Å². The molecule has 0 bridgehead atoms. The Kier molecular flexibility index (Phi) is 9.79. The third kappa shape index (κ3) is 4.92. The van der Waals surface area contributed by atoms with Gasteiger partial charge in [-0.25, -0.2) is 0 Å². The lowest BCUT2D eigenvalue weighted by molar-refractivity contribution is -0.142. The van der Waals surface area contributed by atoms with Crippen LogP contribution in [0.4, 0.5) is 0 Å². The lowest BCUT2D eigenvalue weighted by Crippen LogP contribution is -2.54. The van der Waals surface area contributed by atoms with Crippen LogP contribution in [-0.2, 0) is 4.79 Å². The highest BCUT2D eigenvalue weighted by Crippen LogP contribution is 2.34. The van der Waals surface area contributed by atoms with Crippen LogP contribution in [0.3, 0.4) is 0 Å². The molecular weight excluding hydrogens is 284 g/mol. The number of aliphatic hydroxyl groups excluding tert-OH is 1. The van der Waals surface area contributed by atoms with Crippen molar-refractivity contribution in [3.8, 4) is 0 Å². The Balaban J connectivity index is 5.61. The van der Waals surface area contributed by atoms with Crippen LogP contribution in [-0.4, -0.2) is 40.1 Å². The Bertz CT molecular complexity index is 324. The molecule has 0 unspecified atom stereocenters. The molecule has 0 aliphatic heterocycles. The first-order chi connectivity index (χ1) is 9.94. The molecule has 124 valence electrons. The number of hydrogen-bond donors (Lipinski definition) is 2. The predicted octanol–water partition coefficient (Wildman–Crippen LogP) is 2.87. The molecule has 0 radical (unpaired) electrons. The summed E-state index contributed by atoms with van der Waals surface area (Å²) in [7, 11) is 0. The van der Waals surface area contributed by atoms with Gasteiger partial charge in [-0.2, -0.15) is 0 Å². The number of aliphatic hydroxyl groups is 1. The van der Waals surface area contributed by atoms with Gasteiger partial charge in [-0.15, -0.1) is 0 Å². The minimum Gasteiger partial charge on any atom is -0.395 e. The van der Waals surface area contributed by atoms with Crippen LogP contribution >= 0.6 is 12.2 Å². The minimum atomic E-state index is -0.753. The van der Waals surface area contributed by atoms with Gasteiger partial charge in [0.05, 0.1) is 17.0 Å². The first-order valence-corrected chi connectivity index (χ1v) is 8.57. The summed E-state index contributed by atoms with van der Waals surface area (Å²) in [5, 5.41) is 9.33. The molecule has 0 fully saturated rings. The van der Waals surface area contributed by atoms with Gasteiger partial charge >= 0.3 is 0 Å². The average molecular weight is 317 g/mol. The zero-order valence-corrected chi connectivity index (χ0v) is 14.8. The summed E-state index contributed by atoms with van der Waals surface area (Å²) >= 11 is 5.27. The van der Waals surface area contributed by atoms with Crippen molar-refractivity contribution in [3.63, 3.8) is 0 Å². The van der Waals surface area contributed by atoms with Gasteiger partial charge in [-0.1, -0.05) is 52.8 Å². The molecule has 21 heavy (non-hydrogen) atoms. The summed E-state index contributed by atoms with van der Waals surface area (Å²) in [6.45, 7) is 8.53. The summed E-state index contributed by atoms with van der Waals surface area (Å²) < 4.78 is 0. The summed E-state index contributed by atoms with van der Waals surface area (Å²) in [5.74, 6) is 0.00134. The van der Waals surface area contributed by atoms with Gasteiger partial charge in [0.2, 0.25) is 5.91 Å². The summed E-state index contributed by atoms with van der Waals surface area (Å²) in [4.78, 5) is 15.3. The molecule has 0 aromatic heterocycles. The van der Waals surface area contributed by atoms with Crippen LogP contribution in [0.2, 0.25) is 0 Å². The average Bonchev–Trinajstić information content (AvgIpc) is 2.46. The fourth-order valence-electron chi connectivity index (χ4n) is 3.11. The number of rotatable bonds is 11. The number of hydrogen-bond acceptors (Lipinski definition) is 3. The second-order valence-corrected chi connectivity index (χ2v) is 6.08. The van der Waals surface area contributed by atoms with E-state index >= 15 is 0 Å². The zero-order valence-electron chi connectivity index (χ0n) is 14.0. The monoisotopic (exact) mass is 316 g/mol. The van der Waals surface area contributed by atoms with E-state index in [-0.39, 0.29) is 18.6 Å². The van der Waals surface area contributed by atoms with Crippen molar-refractivity contribution in [2.24, 2.45) is 11.1 Å². The Morgan fingerprint density at radius 1 is 1.19 bits per heavy atom. The molecule has 0 heterocycles. The zero-order chi connectivity index (χ0) is 16.5. The topological polar surface area (TPSA) is 66.6 Å². The molecule has 1 amide bonds. The smallest absolute Gasteiger partial charge is 0.235 e. The van der Waals surface area contributed by atoms with Crippen LogP contribution in [0.5, 0.6) is 0 Å². The van der Waals surface area contributed by atoms with E-state index in [2.05, 4.69) is 13.8 Å². The first kappa shape index (κ1) is 20.3. The number of thiocarbonyl (C=S) groups is 1. The van der Waals surface area contributed by atoms with Crippen LogP contribution in [0.25, 0.3) is 0 Å². The number of carbonyl (C=O) groups excluding carboxylic acids is 1. The molecule has 0 aromatic carbocycles. The molecular formula is C16H32N2O2S. The maximum atomic E-state index is 13.2. The SMILES string of the molecule is CCCC(CCC)(C(=O)N(CCO)C(CC)CC)C(N)=S. The lowest BCUT2D eigenvalue weighted by atomic mass is 9.77. The number of carbonyl (C=O) groups is 1. The number of nitrogens with zero attached hydrogens (tertiary/aromatic N) is 1. The van der Waals surface area contributed by atoms with Gasteiger partial charge in [-0.3, -0.25) is 4.79 Å². The fraction of sp³-hybridized carbons (Fsp3) is 0.875. The van der Waals surface area contributed by atoms with Gasteiger partial charge in [0.25, 0.3) is 0 Å². The van der Waals surface area contributed by atoms with Gasteiger partial charge < -0.3 is 15.7 Å². The molecule has 0 aromatic rings. The van der Waals surface area contributed by atoms with E-state index in [4.69, 9.17) is 18.0 Å². The van der Waals surface area contributed by atoms with Gasteiger partial charge in [0.1, 0.15) is 0 Å². The maximum Gasteiger partial charge on any atom is 0.235 e. The Hall–Kier alpha value is -0.680. The summed E-state index contributed by atoms with van der Waals surface area (Å²) in [6.07, 6.45) is 4.81. The molecule has 3 N–H and O–H groups in total. The van der Waals surface area contributed by atoms with Crippen molar-refractivity contribution >= 4 is 23.1 Å². The largest absolute Gasteiger partial charge is 0.395 e. The standard InChI is InChI=1S/C16H32N2O2S/c1-5-9-16(10-6-2,14(17)21)15(20)18(11-12-19)13(7-3)8-4/h13,19H,5-12H2,1-4H3,(H2,17,21). The van der Waals surface area contributed by atoms with Crippen molar-refractivity contribution < 1.29 is 9.90 Å². The van der Waals surface area contributed by atoms with E-state index in [1.54, 1.807) is 4.90 Å². The maximum absolute atomic E-state index is 13.2.